The van der Waals surface area contributed by atoms with Gasteiger partial charge in [-0.15, -0.1) is 0 Å². The average Bonchev–Trinajstić information content (AvgIpc) is 3.53. The molecular formula is C29H41NO4. The molecule has 5 nitrogen and oxygen atoms in total. The Bertz CT molecular complexity index is 1060. The van der Waals surface area contributed by atoms with E-state index in [4.69, 9.17) is 9.47 Å². The van der Waals surface area contributed by atoms with E-state index in [0.29, 0.717) is 11.8 Å². The van der Waals surface area contributed by atoms with Gasteiger partial charge < -0.3 is 19.7 Å². The lowest BCUT2D eigenvalue weighted by Gasteiger charge is -2.75. The third-order valence-electron chi connectivity index (χ3n) is 11.9. The maximum absolute atomic E-state index is 12.2. The van der Waals surface area contributed by atoms with Gasteiger partial charge in [0.25, 0.3) is 0 Å². The molecule has 5 heteroatoms. The van der Waals surface area contributed by atoms with Crippen molar-refractivity contribution in [1.82, 2.24) is 4.90 Å². The molecule has 2 aliphatic heterocycles. The first-order chi connectivity index (χ1) is 16.0. The number of ether oxygens (including phenoxy) is 2. The van der Waals surface area contributed by atoms with Crippen LogP contribution in [-0.2, 0) is 16.6 Å². The molecule has 34 heavy (non-hydrogen) atoms. The number of phenols is 1. The minimum atomic E-state index is -0.909. The predicted octanol–water partition coefficient (Wildman–Crippen LogP) is 4.41. The molecule has 0 radical (unpaired) electrons. The number of nitrogens with zero attached hydrogens (tertiary/aromatic N) is 1. The molecule has 2 unspecified atom stereocenters. The van der Waals surface area contributed by atoms with Crippen LogP contribution in [0, 0.1) is 22.7 Å². The summed E-state index contributed by atoms with van der Waals surface area (Å²) < 4.78 is 13.5. The van der Waals surface area contributed by atoms with Crippen LogP contribution in [0.15, 0.2) is 12.1 Å². The highest BCUT2D eigenvalue weighted by molar-refractivity contribution is 5.63. The van der Waals surface area contributed by atoms with Crippen molar-refractivity contribution >= 4 is 0 Å². The third-order valence-corrected chi connectivity index (χ3v) is 11.9. The Morgan fingerprint density at radius 3 is 2.59 bits per heavy atom. The fraction of sp³-hybridized carbons (Fsp3) is 0.793. The molecule has 1 aromatic rings. The van der Waals surface area contributed by atoms with Crippen molar-refractivity contribution in [2.75, 3.05) is 20.2 Å². The molecule has 5 aliphatic carbocycles. The standard InChI is InChI=1S/C29H41NO4/c1-25(2,3)26(4,32)20-15-27-10-11-29(20,33-5)24-28(27)12-13-30(16-17-6-7-17)21(27)14-18-8-9-19(31)23(34-24)22(18)28/h8-9,17,20-21,24,31-32H,6-7,10-16H2,1-5H3/t20-,21?,24-,26?,27-,28+,29+/m1/s1. The minimum absolute atomic E-state index is 0.0294. The van der Waals surface area contributed by atoms with Crippen LogP contribution in [0.4, 0.5) is 0 Å². The zero-order chi connectivity index (χ0) is 23.9. The summed E-state index contributed by atoms with van der Waals surface area (Å²) in [6, 6.07) is 4.46. The smallest absolute Gasteiger partial charge is 0.165 e. The number of benzene rings is 1. The number of phenolic OH excluding ortho intramolecular Hbond substituents is 1. The summed E-state index contributed by atoms with van der Waals surface area (Å²) in [5.41, 5.74) is 0.783. The first kappa shape index (κ1) is 21.9. The molecule has 4 bridgehead atoms. The van der Waals surface area contributed by atoms with E-state index in [2.05, 4.69) is 31.7 Å². The lowest BCUT2D eigenvalue weighted by molar-refractivity contribution is -0.312. The number of methoxy groups -OCH3 is 1. The summed E-state index contributed by atoms with van der Waals surface area (Å²) in [5.74, 6) is 1.80. The van der Waals surface area contributed by atoms with Gasteiger partial charge in [-0.3, -0.25) is 4.90 Å². The van der Waals surface area contributed by atoms with Crippen LogP contribution in [-0.4, -0.2) is 58.7 Å². The molecular weight excluding hydrogens is 426 g/mol. The molecule has 2 heterocycles. The van der Waals surface area contributed by atoms with E-state index in [-0.39, 0.29) is 34.0 Å². The van der Waals surface area contributed by atoms with E-state index in [1.54, 1.807) is 0 Å². The van der Waals surface area contributed by atoms with Gasteiger partial charge >= 0.3 is 0 Å². The van der Waals surface area contributed by atoms with Crippen molar-refractivity contribution in [2.24, 2.45) is 22.7 Å². The molecule has 186 valence electrons. The van der Waals surface area contributed by atoms with Crippen LogP contribution in [0.2, 0.25) is 0 Å². The van der Waals surface area contributed by atoms with Gasteiger partial charge in [-0.25, -0.2) is 0 Å². The predicted molar refractivity (Wildman–Crippen MR) is 130 cm³/mol. The topological polar surface area (TPSA) is 62.2 Å². The van der Waals surface area contributed by atoms with E-state index in [1.165, 1.54) is 30.5 Å². The monoisotopic (exact) mass is 467 g/mol. The Morgan fingerprint density at radius 1 is 1.15 bits per heavy atom. The van der Waals surface area contributed by atoms with Gasteiger partial charge in [-0.2, -0.15) is 0 Å². The van der Waals surface area contributed by atoms with E-state index in [1.807, 2.05) is 20.1 Å². The Kier molecular flexibility index (Phi) is 4.08. The highest BCUT2D eigenvalue weighted by Crippen LogP contribution is 2.78. The first-order valence-corrected chi connectivity index (χ1v) is 13.6. The molecule has 2 spiro atoms. The summed E-state index contributed by atoms with van der Waals surface area (Å²) in [6.07, 6.45) is 7.64. The Hall–Kier alpha value is -1.30. The van der Waals surface area contributed by atoms with Crippen LogP contribution in [0.5, 0.6) is 11.5 Å². The lowest BCUT2D eigenvalue weighted by atomic mass is 9.33. The van der Waals surface area contributed by atoms with Gasteiger partial charge in [0.05, 0.1) is 5.60 Å². The fourth-order valence-corrected chi connectivity index (χ4v) is 9.58. The van der Waals surface area contributed by atoms with Crippen molar-refractivity contribution in [3.8, 4) is 11.5 Å². The molecule has 5 fully saturated rings. The van der Waals surface area contributed by atoms with E-state index < -0.39 is 11.2 Å². The fourth-order valence-electron chi connectivity index (χ4n) is 9.58. The molecule has 1 saturated heterocycles. The second-order valence-electron chi connectivity index (χ2n) is 13.8. The summed E-state index contributed by atoms with van der Waals surface area (Å²) in [4.78, 5) is 2.82. The molecule has 4 saturated carbocycles. The van der Waals surface area contributed by atoms with Gasteiger partial charge in [0.1, 0.15) is 11.7 Å². The van der Waals surface area contributed by atoms with Crippen LogP contribution in [0.25, 0.3) is 0 Å². The van der Waals surface area contributed by atoms with Crippen molar-refractivity contribution < 1.29 is 19.7 Å². The second-order valence-corrected chi connectivity index (χ2v) is 13.8. The summed E-state index contributed by atoms with van der Waals surface area (Å²) in [6.45, 7) is 10.8. The van der Waals surface area contributed by atoms with Gasteiger partial charge in [0, 0.05) is 42.0 Å². The Labute approximate surface area is 203 Å². The van der Waals surface area contributed by atoms with Crippen LogP contribution < -0.4 is 4.74 Å². The molecule has 0 aromatic heterocycles. The largest absolute Gasteiger partial charge is 0.504 e. The van der Waals surface area contributed by atoms with Gasteiger partial charge in [0.2, 0.25) is 0 Å². The highest BCUT2D eigenvalue weighted by Gasteiger charge is 2.82. The summed E-state index contributed by atoms with van der Waals surface area (Å²) >= 11 is 0. The number of aromatic hydroxyl groups is 1. The van der Waals surface area contributed by atoms with Gasteiger partial charge in [0.15, 0.2) is 11.5 Å². The second kappa shape index (κ2) is 6.33. The number of rotatable bonds is 4. The molecule has 0 amide bonds. The summed E-state index contributed by atoms with van der Waals surface area (Å²) in [7, 11) is 1.83. The molecule has 2 N–H and O–H groups in total. The molecule has 7 atom stereocenters. The number of fused-ring (bicyclic) bond motifs is 2. The number of hydrogen-bond donors (Lipinski definition) is 2. The molecule has 8 rings (SSSR count). The quantitative estimate of drug-likeness (QED) is 0.687. The van der Waals surface area contributed by atoms with Gasteiger partial charge in [-0.1, -0.05) is 26.8 Å². The van der Waals surface area contributed by atoms with E-state index in [9.17, 15) is 10.2 Å². The Balaban J connectivity index is 1.47. The van der Waals surface area contributed by atoms with Crippen LogP contribution in [0.1, 0.15) is 77.3 Å². The van der Waals surface area contributed by atoms with Gasteiger partial charge in [-0.05, 0) is 81.4 Å². The third kappa shape index (κ3) is 2.25. The zero-order valence-corrected chi connectivity index (χ0v) is 21.5. The maximum Gasteiger partial charge on any atom is 0.165 e. The highest BCUT2D eigenvalue weighted by atomic mass is 16.6. The Morgan fingerprint density at radius 2 is 1.91 bits per heavy atom. The van der Waals surface area contributed by atoms with Crippen molar-refractivity contribution in [3.63, 3.8) is 0 Å². The molecule has 1 aromatic carbocycles. The average molecular weight is 468 g/mol. The van der Waals surface area contributed by atoms with E-state index in [0.717, 1.165) is 44.6 Å². The SMILES string of the molecule is CO[C@@]12CC[C@@]3(C[C@@H]1C(C)(O)C(C)(C)C)C1Cc4ccc(O)c5c4[C@@]3(CCN1CC1CC1)[C@H]2O5. The minimum Gasteiger partial charge on any atom is -0.504 e. The number of likely N-dealkylation sites (tertiary alicyclic amines) is 1. The van der Waals surface area contributed by atoms with Crippen LogP contribution in [0.3, 0.4) is 0 Å². The van der Waals surface area contributed by atoms with E-state index >= 15 is 0 Å². The first-order valence-electron chi connectivity index (χ1n) is 13.6. The zero-order valence-electron chi connectivity index (χ0n) is 21.5. The van der Waals surface area contributed by atoms with Crippen molar-refractivity contribution in [2.45, 2.75) is 101 Å². The lowest BCUT2D eigenvalue weighted by Crippen LogP contribution is -2.83. The number of hydrogen-bond acceptors (Lipinski definition) is 5. The van der Waals surface area contributed by atoms with Crippen molar-refractivity contribution in [1.29, 1.82) is 0 Å². The number of aliphatic hydroxyl groups is 1. The maximum atomic E-state index is 12.2. The molecule has 7 aliphatic rings. The van der Waals surface area contributed by atoms with Crippen LogP contribution >= 0.6 is 0 Å². The van der Waals surface area contributed by atoms with Crippen molar-refractivity contribution in [3.05, 3.63) is 23.3 Å². The summed E-state index contributed by atoms with van der Waals surface area (Å²) in [5, 5.41) is 23.2. The number of piperidine rings is 1. The normalized spacial score (nSPS) is 43.9.